The maximum atomic E-state index is 10.9. The molecule has 0 atom stereocenters. The maximum Gasteiger partial charge on any atom is 0.376 e. The number of halogens is 2. The number of ether oxygens (including phenoxy) is 1. The minimum atomic E-state index is -0.590. The Morgan fingerprint density at radius 3 is 2.92 bits per heavy atom. The molecule has 12 heavy (non-hydrogen) atoms. The van der Waals surface area contributed by atoms with Gasteiger partial charge in [-0.3, -0.25) is 0 Å². The zero-order valence-electron chi connectivity index (χ0n) is 6.04. The quantitative estimate of drug-likeness (QED) is 0.563. The molecule has 1 rings (SSSR count). The topological polar surface area (TPSA) is 52.1 Å². The minimum Gasteiger partial charge on any atom is -0.463 e. The predicted octanol–water partition coefficient (Wildman–Crippen LogP) is 1.68. The monoisotopic (exact) mass is 250 g/mol. The van der Waals surface area contributed by atoms with Crippen LogP contribution in [0.1, 0.15) is 10.6 Å². The largest absolute Gasteiger partial charge is 0.463 e. The molecule has 0 aliphatic carbocycles. The molecule has 0 N–H and O–H groups in total. The van der Waals surface area contributed by atoms with Crippen LogP contribution in [-0.4, -0.2) is 23.0 Å². The summed E-state index contributed by atoms with van der Waals surface area (Å²) in [5.74, 6) is -0.610. The Morgan fingerprint density at radius 2 is 2.42 bits per heavy atom. The molecule has 1 aromatic heterocycles. The van der Waals surface area contributed by atoms with E-state index < -0.39 is 5.97 Å². The average molecular weight is 251 g/mol. The number of hydrogen-bond acceptors (Lipinski definition) is 4. The number of nitrogens with zero attached hydrogens (tertiary/aromatic N) is 2. The van der Waals surface area contributed by atoms with E-state index in [1.807, 2.05) is 0 Å². The Balaban J connectivity index is 3.05. The fourth-order valence-electron chi connectivity index (χ4n) is 0.536. The van der Waals surface area contributed by atoms with Crippen LogP contribution in [0.3, 0.4) is 0 Å². The van der Waals surface area contributed by atoms with Crippen LogP contribution in [0.2, 0.25) is 5.02 Å². The molecule has 1 heterocycles. The molecule has 4 nitrogen and oxygen atoms in total. The van der Waals surface area contributed by atoms with E-state index in [1.54, 1.807) is 0 Å². The molecule has 0 saturated carbocycles. The second-order valence-corrected chi connectivity index (χ2v) is 2.98. The van der Waals surface area contributed by atoms with E-state index in [-0.39, 0.29) is 5.82 Å². The lowest BCUT2D eigenvalue weighted by molar-refractivity contribution is 0.0586. The molecule has 64 valence electrons. The number of aromatic nitrogens is 2. The number of methoxy groups -OCH3 is 1. The molecule has 6 heteroatoms. The van der Waals surface area contributed by atoms with E-state index >= 15 is 0 Å². The third-order valence-electron chi connectivity index (χ3n) is 1.07. The second-order valence-electron chi connectivity index (χ2n) is 1.82. The molecule has 0 bridgehead atoms. The van der Waals surface area contributed by atoms with E-state index in [1.165, 1.54) is 13.3 Å². The Hall–Kier alpha value is -0.680. The Labute approximate surface area is 82.0 Å². The second kappa shape index (κ2) is 3.82. The molecule has 0 spiro atoms. The lowest BCUT2D eigenvalue weighted by Crippen LogP contribution is -2.07. The van der Waals surface area contributed by atoms with Gasteiger partial charge in [0.2, 0.25) is 5.82 Å². The van der Waals surface area contributed by atoms with Crippen LogP contribution in [-0.2, 0) is 4.74 Å². The van der Waals surface area contributed by atoms with Gasteiger partial charge in [0, 0.05) is 0 Å². The first-order valence-electron chi connectivity index (χ1n) is 2.91. The maximum absolute atomic E-state index is 10.9. The molecule has 0 amide bonds. The van der Waals surface area contributed by atoms with Gasteiger partial charge in [-0.1, -0.05) is 11.6 Å². The van der Waals surface area contributed by atoms with Gasteiger partial charge in [-0.15, -0.1) is 0 Å². The zero-order valence-corrected chi connectivity index (χ0v) is 8.39. The summed E-state index contributed by atoms with van der Waals surface area (Å²) in [6.45, 7) is 0. The van der Waals surface area contributed by atoms with Crippen molar-refractivity contribution in [3.63, 3.8) is 0 Å². The molecule has 0 radical (unpaired) electrons. The molecule has 1 aromatic rings. The highest BCUT2D eigenvalue weighted by molar-refractivity contribution is 9.10. The van der Waals surface area contributed by atoms with Gasteiger partial charge in [0.15, 0.2) is 0 Å². The number of esters is 1. The van der Waals surface area contributed by atoms with Crippen LogP contribution < -0.4 is 0 Å². The highest BCUT2D eigenvalue weighted by atomic mass is 79.9. The van der Waals surface area contributed by atoms with E-state index in [2.05, 4.69) is 30.6 Å². The fraction of sp³-hybridized carbons (Fsp3) is 0.167. The zero-order chi connectivity index (χ0) is 9.14. The van der Waals surface area contributed by atoms with E-state index in [0.717, 1.165) is 0 Å². The lowest BCUT2D eigenvalue weighted by atomic mass is 10.5. The number of hydrogen-bond donors (Lipinski definition) is 0. The van der Waals surface area contributed by atoms with Crippen molar-refractivity contribution in [3.05, 3.63) is 21.6 Å². The van der Waals surface area contributed by atoms with Crippen molar-refractivity contribution in [1.82, 2.24) is 9.97 Å². The van der Waals surface area contributed by atoms with Gasteiger partial charge in [0.25, 0.3) is 0 Å². The first-order chi connectivity index (χ1) is 5.65. The standard InChI is InChI=1S/C6H4BrClN2O2/c1-12-6(11)5-9-2-3(8)4(7)10-5/h2H,1H3. The van der Waals surface area contributed by atoms with E-state index in [0.29, 0.717) is 9.63 Å². The summed E-state index contributed by atoms with van der Waals surface area (Å²) < 4.78 is 4.78. The van der Waals surface area contributed by atoms with Crippen LogP contribution >= 0.6 is 27.5 Å². The smallest absolute Gasteiger partial charge is 0.376 e. The van der Waals surface area contributed by atoms with Crippen molar-refractivity contribution in [2.24, 2.45) is 0 Å². The summed E-state index contributed by atoms with van der Waals surface area (Å²) in [6, 6.07) is 0. The van der Waals surface area contributed by atoms with Gasteiger partial charge in [-0.25, -0.2) is 14.8 Å². The molecular weight excluding hydrogens is 247 g/mol. The summed E-state index contributed by atoms with van der Waals surface area (Å²) in [5.41, 5.74) is 0. The van der Waals surface area contributed by atoms with Crippen LogP contribution in [0.15, 0.2) is 10.8 Å². The number of carbonyl (C=O) groups is 1. The summed E-state index contributed by atoms with van der Waals surface area (Å²) in [6.07, 6.45) is 1.32. The molecule has 0 aliphatic heterocycles. The third-order valence-corrected chi connectivity index (χ3v) is 2.18. The van der Waals surface area contributed by atoms with Crippen molar-refractivity contribution in [3.8, 4) is 0 Å². The Kier molecular flexibility index (Phi) is 2.99. The van der Waals surface area contributed by atoms with Crippen LogP contribution in [0, 0.1) is 0 Å². The van der Waals surface area contributed by atoms with E-state index in [4.69, 9.17) is 11.6 Å². The molecule has 0 aromatic carbocycles. The first-order valence-corrected chi connectivity index (χ1v) is 4.08. The molecule has 0 saturated heterocycles. The van der Waals surface area contributed by atoms with Gasteiger partial charge >= 0.3 is 5.97 Å². The Morgan fingerprint density at radius 1 is 1.75 bits per heavy atom. The predicted molar refractivity (Wildman–Crippen MR) is 46.1 cm³/mol. The van der Waals surface area contributed by atoms with Gasteiger partial charge in [-0.05, 0) is 15.9 Å². The van der Waals surface area contributed by atoms with Crippen molar-refractivity contribution in [2.45, 2.75) is 0 Å². The van der Waals surface area contributed by atoms with Gasteiger partial charge in [0.05, 0.1) is 18.3 Å². The van der Waals surface area contributed by atoms with Crippen LogP contribution in [0.5, 0.6) is 0 Å². The van der Waals surface area contributed by atoms with Crippen LogP contribution in [0.4, 0.5) is 0 Å². The van der Waals surface area contributed by atoms with Crippen molar-refractivity contribution >= 4 is 33.5 Å². The van der Waals surface area contributed by atoms with Crippen molar-refractivity contribution < 1.29 is 9.53 Å². The van der Waals surface area contributed by atoms with E-state index in [9.17, 15) is 4.79 Å². The molecule has 0 aliphatic rings. The van der Waals surface area contributed by atoms with Crippen LogP contribution in [0.25, 0.3) is 0 Å². The average Bonchev–Trinajstić information content (AvgIpc) is 2.08. The normalized spacial score (nSPS) is 9.58. The van der Waals surface area contributed by atoms with Gasteiger partial charge in [-0.2, -0.15) is 0 Å². The van der Waals surface area contributed by atoms with Crippen molar-refractivity contribution in [1.29, 1.82) is 0 Å². The first kappa shape index (κ1) is 9.41. The summed E-state index contributed by atoms with van der Waals surface area (Å²) in [7, 11) is 1.26. The molecular formula is C6H4BrClN2O2. The number of carbonyl (C=O) groups excluding carboxylic acids is 1. The SMILES string of the molecule is COC(=O)c1ncc(Cl)c(Br)n1. The summed E-state index contributed by atoms with van der Waals surface area (Å²) >= 11 is 8.66. The number of rotatable bonds is 1. The van der Waals surface area contributed by atoms with Crippen molar-refractivity contribution in [2.75, 3.05) is 7.11 Å². The summed E-state index contributed by atoms with van der Waals surface area (Å²) in [4.78, 5) is 18.3. The highest BCUT2D eigenvalue weighted by Crippen LogP contribution is 2.17. The minimum absolute atomic E-state index is 0.0197. The molecule has 0 unspecified atom stereocenters. The van der Waals surface area contributed by atoms with Gasteiger partial charge in [0.1, 0.15) is 4.60 Å². The summed E-state index contributed by atoms with van der Waals surface area (Å²) in [5, 5.41) is 0.350. The highest BCUT2D eigenvalue weighted by Gasteiger charge is 2.10. The Bertz CT molecular complexity index is 318. The fourth-order valence-corrected chi connectivity index (χ4v) is 0.897. The van der Waals surface area contributed by atoms with Gasteiger partial charge < -0.3 is 4.74 Å². The molecule has 0 fully saturated rings. The third kappa shape index (κ3) is 1.92. The lowest BCUT2D eigenvalue weighted by Gasteiger charge is -1.98.